The SMILES string of the molecule is COC(=O)CN(Cc1ccccc1)C(=O)COc1c(C)ccc(C)c1C. The van der Waals surface area contributed by atoms with E-state index in [-0.39, 0.29) is 19.1 Å². The third-order valence-electron chi connectivity index (χ3n) is 4.33. The molecule has 2 aromatic carbocycles. The van der Waals surface area contributed by atoms with Gasteiger partial charge < -0.3 is 14.4 Å². The van der Waals surface area contributed by atoms with Gasteiger partial charge >= 0.3 is 5.97 Å². The number of amides is 1. The zero-order valence-electron chi connectivity index (χ0n) is 15.7. The Morgan fingerprint density at radius 2 is 1.62 bits per heavy atom. The minimum atomic E-state index is -0.461. The van der Waals surface area contributed by atoms with Crippen LogP contribution in [0.15, 0.2) is 42.5 Å². The van der Waals surface area contributed by atoms with E-state index in [0.29, 0.717) is 6.54 Å². The summed E-state index contributed by atoms with van der Waals surface area (Å²) >= 11 is 0. The molecule has 2 aromatic rings. The Kier molecular flexibility index (Phi) is 6.78. The molecule has 0 fully saturated rings. The van der Waals surface area contributed by atoms with Crippen LogP contribution in [0.4, 0.5) is 0 Å². The Morgan fingerprint density at radius 3 is 2.27 bits per heavy atom. The van der Waals surface area contributed by atoms with Crippen molar-refractivity contribution in [3.8, 4) is 5.75 Å². The topological polar surface area (TPSA) is 55.8 Å². The van der Waals surface area contributed by atoms with Crippen LogP contribution in [0, 0.1) is 20.8 Å². The smallest absolute Gasteiger partial charge is 0.325 e. The molecule has 0 spiro atoms. The molecule has 5 nitrogen and oxygen atoms in total. The number of hydrogen-bond acceptors (Lipinski definition) is 4. The fourth-order valence-corrected chi connectivity index (χ4v) is 2.63. The van der Waals surface area contributed by atoms with E-state index in [0.717, 1.165) is 28.0 Å². The second kappa shape index (κ2) is 9.04. The molecule has 0 heterocycles. The van der Waals surface area contributed by atoms with E-state index in [9.17, 15) is 9.59 Å². The molecule has 0 saturated carbocycles. The third-order valence-corrected chi connectivity index (χ3v) is 4.33. The fraction of sp³-hybridized carbons (Fsp3) is 0.333. The number of ether oxygens (including phenoxy) is 2. The predicted molar refractivity (Wildman–Crippen MR) is 100 cm³/mol. The Balaban J connectivity index is 2.11. The summed E-state index contributed by atoms with van der Waals surface area (Å²) in [6.45, 7) is 6.00. The summed E-state index contributed by atoms with van der Waals surface area (Å²) in [5.74, 6) is -0.00663. The van der Waals surface area contributed by atoms with Crippen LogP contribution in [-0.4, -0.2) is 37.0 Å². The Labute approximate surface area is 154 Å². The Hall–Kier alpha value is -2.82. The molecule has 0 saturated heterocycles. The first-order valence-electron chi connectivity index (χ1n) is 8.50. The molecule has 138 valence electrons. The minimum absolute atomic E-state index is 0.112. The van der Waals surface area contributed by atoms with Gasteiger partial charge in [-0.3, -0.25) is 9.59 Å². The summed E-state index contributed by atoms with van der Waals surface area (Å²) in [4.78, 5) is 25.8. The first-order chi connectivity index (χ1) is 12.4. The van der Waals surface area contributed by atoms with Crippen LogP contribution >= 0.6 is 0 Å². The van der Waals surface area contributed by atoms with Crippen molar-refractivity contribution in [1.82, 2.24) is 4.90 Å². The van der Waals surface area contributed by atoms with Crippen LogP contribution in [0.2, 0.25) is 0 Å². The summed E-state index contributed by atoms with van der Waals surface area (Å²) in [6, 6.07) is 13.5. The quantitative estimate of drug-likeness (QED) is 0.716. The van der Waals surface area contributed by atoms with Crippen LogP contribution in [0.1, 0.15) is 22.3 Å². The van der Waals surface area contributed by atoms with Gasteiger partial charge in [0.1, 0.15) is 12.3 Å². The maximum atomic E-state index is 12.7. The number of esters is 1. The number of hydrogen-bond donors (Lipinski definition) is 0. The molecule has 1 amide bonds. The molecule has 0 unspecified atom stereocenters. The van der Waals surface area contributed by atoms with Gasteiger partial charge in [0.2, 0.25) is 0 Å². The molecule has 0 radical (unpaired) electrons. The van der Waals surface area contributed by atoms with Gasteiger partial charge in [-0.2, -0.15) is 0 Å². The highest BCUT2D eigenvalue weighted by Gasteiger charge is 2.19. The summed E-state index contributed by atoms with van der Waals surface area (Å²) in [7, 11) is 1.31. The third kappa shape index (κ3) is 5.09. The van der Waals surface area contributed by atoms with Crippen LogP contribution in [0.3, 0.4) is 0 Å². The second-order valence-electron chi connectivity index (χ2n) is 6.25. The molecule has 0 bridgehead atoms. The average molecular weight is 355 g/mol. The van der Waals surface area contributed by atoms with E-state index in [2.05, 4.69) is 0 Å². The highest BCUT2D eigenvalue weighted by Crippen LogP contribution is 2.25. The summed E-state index contributed by atoms with van der Waals surface area (Å²) in [5, 5.41) is 0. The van der Waals surface area contributed by atoms with E-state index in [1.165, 1.54) is 12.0 Å². The highest BCUT2D eigenvalue weighted by molar-refractivity contribution is 5.83. The van der Waals surface area contributed by atoms with Crippen LogP contribution in [-0.2, 0) is 20.9 Å². The average Bonchev–Trinajstić information content (AvgIpc) is 2.64. The highest BCUT2D eigenvalue weighted by atomic mass is 16.5. The van der Waals surface area contributed by atoms with Crippen molar-refractivity contribution in [3.05, 3.63) is 64.7 Å². The first-order valence-corrected chi connectivity index (χ1v) is 8.50. The standard InChI is InChI=1S/C21H25NO4/c1-15-10-11-16(2)21(17(15)3)26-14-19(23)22(13-20(24)25-4)12-18-8-6-5-7-9-18/h5-11H,12-14H2,1-4H3. The van der Waals surface area contributed by atoms with Gasteiger partial charge in [-0.25, -0.2) is 0 Å². The van der Waals surface area contributed by atoms with E-state index < -0.39 is 5.97 Å². The zero-order valence-corrected chi connectivity index (χ0v) is 15.7. The van der Waals surface area contributed by atoms with Crippen molar-refractivity contribution in [1.29, 1.82) is 0 Å². The number of aryl methyl sites for hydroxylation is 2. The van der Waals surface area contributed by atoms with E-state index in [4.69, 9.17) is 9.47 Å². The number of nitrogens with zero attached hydrogens (tertiary/aromatic N) is 1. The number of methoxy groups -OCH3 is 1. The molecular formula is C21H25NO4. The number of carbonyl (C=O) groups is 2. The molecule has 26 heavy (non-hydrogen) atoms. The molecule has 2 rings (SSSR count). The lowest BCUT2D eigenvalue weighted by Crippen LogP contribution is -2.38. The van der Waals surface area contributed by atoms with Crippen molar-refractivity contribution in [2.24, 2.45) is 0 Å². The van der Waals surface area contributed by atoms with Crippen LogP contribution < -0.4 is 4.74 Å². The largest absolute Gasteiger partial charge is 0.483 e. The maximum Gasteiger partial charge on any atom is 0.325 e. The van der Waals surface area contributed by atoms with Crippen LogP contribution in [0.5, 0.6) is 5.75 Å². The summed E-state index contributed by atoms with van der Waals surface area (Å²) in [5.41, 5.74) is 4.03. The van der Waals surface area contributed by atoms with E-state index >= 15 is 0 Å². The maximum absolute atomic E-state index is 12.7. The molecular weight excluding hydrogens is 330 g/mol. The Morgan fingerprint density at radius 1 is 0.962 bits per heavy atom. The summed E-state index contributed by atoms with van der Waals surface area (Å²) < 4.78 is 10.5. The number of carbonyl (C=O) groups excluding carboxylic acids is 2. The van der Waals surface area contributed by atoms with Gasteiger partial charge in [0, 0.05) is 6.54 Å². The molecule has 0 aliphatic rings. The Bertz CT molecular complexity index is 771. The van der Waals surface area contributed by atoms with Crippen molar-refractivity contribution in [2.75, 3.05) is 20.3 Å². The molecule has 5 heteroatoms. The van der Waals surface area contributed by atoms with Gasteiger partial charge in [-0.05, 0) is 43.0 Å². The van der Waals surface area contributed by atoms with Gasteiger partial charge in [0.15, 0.2) is 6.61 Å². The molecule has 0 aliphatic carbocycles. The van der Waals surface area contributed by atoms with Gasteiger partial charge in [0.25, 0.3) is 5.91 Å². The van der Waals surface area contributed by atoms with Crippen molar-refractivity contribution >= 4 is 11.9 Å². The van der Waals surface area contributed by atoms with Gasteiger partial charge in [0.05, 0.1) is 7.11 Å². The van der Waals surface area contributed by atoms with E-state index in [1.807, 2.05) is 63.2 Å². The molecule has 0 aliphatic heterocycles. The lowest BCUT2D eigenvalue weighted by molar-refractivity contribution is -0.148. The van der Waals surface area contributed by atoms with Crippen LogP contribution in [0.25, 0.3) is 0 Å². The minimum Gasteiger partial charge on any atom is -0.483 e. The summed E-state index contributed by atoms with van der Waals surface area (Å²) in [6.07, 6.45) is 0. The van der Waals surface area contributed by atoms with E-state index in [1.54, 1.807) is 0 Å². The molecule has 0 atom stereocenters. The van der Waals surface area contributed by atoms with Crippen molar-refractivity contribution in [2.45, 2.75) is 27.3 Å². The lowest BCUT2D eigenvalue weighted by atomic mass is 10.1. The molecule has 0 aromatic heterocycles. The number of rotatable bonds is 7. The zero-order chi connectivity index (χ0) is 19.1. The van der Waals surface area contributed by atoms with Crippen molar-refractivity contribution < 1.29 is 19.1 Å². The number of benzene rings is 2. The van der Waals surface area contributed by atoms with Crippen molar-refractivity contribution in [3.63, 3.8) is 0 Å². The predicted octanol–water partition coefficient (Wildman–Crippen LogP) is 3.19. The van der Waals surface area contributed by atoms with Gasteiger partial charge in [-0.15, -0.1) is 0 Å². The second-order valence-corrected chi connectivity index (χ2v) is 6.25. The van der Waals surface area contributed by atoms with Gasteiger partial charge in [-0.1, -0.05) is 42.5 Å². The molecule has 0 N–H and O–H groups in total. The first kappa shape index (κ1) is 19.5. The monoisotopic (exact) mass is 355 g/mol. The normalized spacial score (nSPS) is 10.3. The fourth-order valence-electron chi connectivity index (χ4n) is 2.63. The lowest BCUT2D eigenvalue weighted by Gasteiger charge is -2.22.